The molecule has 1 aliphatic rings. The molecule has 0 radical (unpaired) electrons. The van der Waals surface area contributed by atoms with Crippen molar-refractivity contribution in [3.63, 3.8) is 0 Å². The molecule has 2 aromatic carbocycles. The van der Waals surface area contributed by atoms with Gasteiger partial charge < -0.3 is 9.64 Å². The SMILES string of the molecule is Cc1cc2c(s1)CN(C)CCC2Oc1ccc2ccccc2c1. The summed E-state index contributed by atoms with van der Waals surface area (Å²) in [6, 6.07) is 17.1. The van der Waals surface area contributed by atoms with E-state index >= 15 is 0 Å². The lowest BCUT2D eigenvalue weighted by Crippen LogP contribution is -2.18. The molecule has 0 saturated carbocycles. The van der Waals surface area contributed by atoms with E-state index in [1.54, 1.807) is 0 Å². The van der Waals surface area contributed by atoms with Crippen molar-refractivity contribution in [2.45, 2.75) is 26.0 Å². The van der Waals surface area contributed by atoms with E-state index in [0.717, 1.165) is 25.3 Å². The summed E-state index contributed by atoms with van der Waals surface area (Å²) < 4.78 is 6.41. The van der Waals surface area contributed by atoms with Gasteiger partial charge in [0.05, 0.1) is 0 Å². The number of ether oxygens (including phenoxy) is 1. The summed E-state index contributed by atoms with van der Waals surface area (Å²) in [5, 5.41) is 2.49. The predicted molar refractivity (Wildman–Crippen MR) is 97.3 cm³/mol. The first kappa shape index (κ1) is 14.7. The first-order valence-electron chi connectivity index (χ1n) is 8.12. The van der Waals surface area contributed by atoms with Crippen molar-refractivity contribution in [3.05, 3.63) is 63.8 Å². The molecule has 0 amide bonds. The molecule has 1 aromatic heterocycles. The molecule has 1 aliphatic heterocycles. The van der Waals surface area contributed by atoms with Gasteiger partial charge in [0.25, 0.3) is 0 Å². The van der Waals surface area contributed by atoms with Gasteiger partial charge in [0, 0.05) is 34.8 Å². The van der Waals surface area contributed by atoms with Crippen LogP contribution in [0.25, 0.3) is 10.8 Å². The standard InChI is InChI=1S/C20H21NOS/c1-14-11-18-19(9-10-21(2)13-20(18)23-14)22-17-8-7-15-5-3-4-6-16(15)12-17/h3-8,11-12,19H,9-10,13H2,1-2H3. The topological polar surface area (TPSA) is 12.5 Å². The van der Waals surface area contributed by atoms with Crippen molar-refractivity contribution in [1.82, 2.24) is 4.90 Å². The largest absolute Gasteiger partial charge is 0.486 e. The van der Waals surface area contributed by atoms with Gasteiger partial charge >= 0.3 is 0 Å². The van der Waals surface area contributed by atoms with Crippen molar-refractivity contribution in [1.29, 1.82) is 0 Å². The Kier molecular flexibility index (Phi) is 3.83. The molecule has 0 saturated heterocycles. The molecule has 23 heavy (non-hydrogen) atoms. The summed E-state index contributed by atoms with van der Waals surface area (Å²) in [7, 11) is 2.19. The van der Waals surface area contributed by atoms with Crippen LogP contribution in [0.2, 0.25) is 0 Å². The van der Waals surface area contributed by atoms with Crippen molar-refractivity contribution in [2.75, 3.05) is 13.6 Å². The van der Waals surface area contributed by atoms with Gasteiger partial charge in [-0.15, -0.1) is 11.3 Å². The van der Waals surface area contributed by atoms with E-state index in [2.05, 4.69) is 67.4 Å². The summed E-state index contributed by atoms with van der Waals surface area (Å²) in [4.78, 5) is 5.21. The highest BCUT2D eigenvalue weighted by Crippen LogP contribution is 2.36. The Hall–Kier alpha value is -1.84. The Balaban J connectivity index is 1.66. The molecule has 0 bridgehead atoms. The number of hydrogen-bond acceptors (Lipinski definition) is 3. The van der Waals surface area contributed by atoms with Crippen LogP contribution in [0, 0.1) is 6.92 Å². The molecule has 4 rings (SSSR count). The minimum Gasteiger partial charge on any atom is -0.486 e. The molecular formula is C20H21NOS. The molecule has 0 fully saturated rings. The lowest BCUT2D eigenvalue weighted by atomic mass is 10.1. The maximum atomic E-state index is 6.41. The fraction of sp³-hybridized carbons (Fsp3) is 0.300. The van der Waals surface area contributed by atoms with Gasteiger partial charge in [-0.2, -0.15) is 0 Å². The first-order chi connectivity index (χ1) is 11.2. The summed E-state index contributed by atoms with van der Waals surface area (Å²) in [6.07, 6.45) is 1.19. The minimum absolute atomic E-state index is 0.154. The van der Waals surface area contributed by atoms with Crippen LogP contribution in [0.1, 0.15) is 27.8 Å². The first-order valence-corrected chi connectivity index (χ1v) is 8.94. The fourth-order valence-electron chi connectivity index (χ4n) is 3.32. The second kappa shape index (κ2) is 5.99. The van der Waals surface area contributed by atoms with Crippen molar-refractivity contribution in [2.24, 2.45) is 0 Å². The second-order valence-electron chi connectivity index (χ2n) is 6.38. The van der Waals surface area contributed by atoms with Gasteiger partial charge in [0.1, 0.15) is 11.9 Å². The Morgan fingerprint density at radius 2 is 1.91 bits per heavy atom. The van der Waals surface area contributed by atoms with Crippen LogP contribution in [0.3, 0.4) is 0 Å². The third-order valence-corrected chi connectivity index (χ3v) is 5.55. The van der Waals surface area contributed by atoms with E-state index in [1.165, 1.54) is 26.1 Å². The Morgan fingerprint density at radius 1 is 1.09 bits per heavy atom. The van der Waals surface area contributed by atoms with E-state index in [4.69, 9.17) is 4.74 Å². The lowest BCUT2D eigenvalue weighted by molar-refractivity contribution is 0.183. The monoisotopic (exact) mass is 323 g/mol. The van der Waals surface area contributed by atoms with Crippen molar-refractivity contribution >= 4 is 22.1 Å². The number of fused-ring (bicyclic) bond motifs is 2. The molecule has 118 valence electrons. The van der Waals surface area contributed by atoms with Crippen LogP contribution in [-0.4, -0.2) is 18.5 Å². The Bertz CT molecular complexity index is 839. The van der Waals surface area contributed by atoms with Gasteiger partial charge in [0.2, 0.25) is 0 Å². The molecule has 1 atom stereocenters. The number of hydrogen-bond donors (Lipinski definition) is 0. The third-order valence-electron chi connectivity index (χ3n) is 4.50. The number of nitrogens with zero attached hydrogens (tertiary/aromatic N) is 1. The second-order valence-corrected chi connectivity index (χ2v) is 7.72. The summed E-state index contributed by atoms with van der Waals surface area (Å²) in [5.74, 6) is 0.966. The summed E-state index contributed by atoms with van der Waals surface area (Å²) in [5.41, 5.74) is 1.38. The number of benzene rings is 2. The van der Waals surface area contributed by atoms with Gasteiger partial charge in [-0.3, -0.25) is 0 Å². The van der Waals surface area contributed by atoms with Crippen LogP contribution in [0.5, 0.6) is 5.75 Å². The van der Waals surface area contributed by atoms with Crippen LogP contribution < -0.4 is 4.74 Å². The quantitative estimate of drug-likeness (QED) is 0.645. The Labute approximate surface area is 141 Å². The predicted octanol–water partition coefficient (Wildman–Crippen LogP) is 5.17. The van der Waals surface area contributed by atoms with E-state index in [0.29, 0.717) is 0 Å². The van der Waals surface area contributed by atoms with Crippen LogP contribution >= 0.6 is 11.3 Å². The lowest BCUT2D eigenvalue weighted by Gasteiger charge is -2.18. The van der Waals surface area contributed by atoms with Crippen LogP contribution in [0.15, 0.2) is 48.5 Å². The van der Waals surface area contributed by atoms with Gasteiger partial charge in [-0.1, -0.05) is 30.3 Å². The molecule has 1 unspecified atom stereocenters. The maximum Gasteiger partial charge on any atom is 0.126 e. The molecule has 0 aliphatic carbocycles. The molecule has 2 nitrogen and oxygen atoms in total. The van der Waals surface area contributed by atoms with E-state index in [9.17, 15) is 0 Å². The molecular weight excluding hydrogens is 302 g/mol. The molecule has 0 spiro atoms. The maximum absolute atomic E-state index is 6.41. The zero-order chi connectivity index (χ0) is 15.8. The number of rotatable bonds is 2. The minimum atomic E-state index is 0.154. The highest BCUT2D eigenvalue weighted by atomic mass is 32.1. The normalized spacial score (nSPS) is 18.6. The van der Waals surface area contributed by atoms with E-state index in [-0.39, 0.29) is 6.10 Å². The molecule has 3 aromatic rings. The van der Waals surface area contributed by atoms with E-state index < -0.39 is 0 Å². The fourth-order valence-corrected chi connectivity index (χ4v) is 4.49. The van der Waals surface area contributed by atoms with Gasteiger partial charge in [-0.05, 0) is 42.9 Å². The van der Waals surface area contributed by atoms with Crippen LogP contribution in [0.4, 0.5) is 0 Å². The third kappa shape index (κ3) is 2.99. The summed E-state index contributed by atoms with van der Waals surface area (Å²) >= 11 is 1.90. The van der Waals surface area contributed by atoms with Gasteiger partial charge in [-0.25, -0.2) is 0 Å². The number of thiophene rings is 1. The molecule has 0 N–H and O–H groups in total. The highest BCUT2D eigenvalue weighted by molar-refractivity contribution is 7.12. The Morgan fingerprint density at radius 3 is 2.78 bits per heavy atom. The van der Waals surface area contributed by atoms with Crippen molar-refractivity contribution in [3.8, 4) is 5.75 Å². The zero-order valence-corrected chi connectivity index (χ0v) is 14.4. The zero-order valence-electron chi connectivity index (χ0n) is 13.6. The van der Waals surface area contributed by atoms with Crippen molar-refractivity contribution < 1.29 is 4.74 Å². The summed E-state index contributed by atoms with van der Waals surface area (Å²) in [6.45, 7) is 4.29. The molecule has 3 heteroatoms. The van der Waals surface area contributed by atoms with Crippen LogP contribution in [-0.2, 0) is 6.54 Å². The smallest absolute Gasteiger partial charge is 0.126 e. The van der Waals surface area contributed by atoms with E-state index in [1.807, 2.05) is 11.3 Å². The average Bonchev–Trinajstić information content (AvgIpc) is 2.85. The average molecular weight is 323 g/mol. The highest BCUT2D eigenvalue weighted by Gasteiger charge is 2.24. The molecule has 2 heterocycles. The number of aryl methyl sites for hydroxylation is 1. The van der Waals surface area contributed by atoms with Gasteiger partial charge in [0.15, 0.2) is 0 Å².